The van der Waals surface area contributed by atoms with E-state index in [1.165, 1.54) is 0 Å². The second-order valence-corrected chi connectivity index (χ2v) is 9.87. The number of nitrogens with zero attached hydrogens (tertiary/aromatic N) is 1. The maximum absolute atomic E-state index is 13.1. The first-order valence-corrected chi connectivity index (χ1v) is 13.2. The molecule has 0 spiro atoms. The molecule has 194 valence electrons. The summed E-state index contributed by atoms with van der Waals surface area (Å²) in [5, 5.41) is 6.20. The fraction of sp³-hybridized carbons (Fsp3) is 0.310. The number of piperidine rings is 1. The highest BCUT2D eigenvalue weighted by Crippen LogP contribution is 2.28. The van der Waals surface area contributed by atoms with Gasteiger partial charge in [0.25, 0.3) is 11.8 Å². The molecule has 3 aromatic rings. The molecular weight excluding hydrogens is 534 g/mol. The van der Waals surface area contributed by atoms with Gasteiger partial charge in [0.1, 0.15) is 0 Å². The Kier molecular flexibility index (Phi) is 9.06. The lowest BCUT2D eigenvalue weighted by molar-refractivity contribution is 0.0929. The van der Waals surface area contributed by atoms with Crippen molar-refractivity contribution in [1.29, 1.82) is 0 Å². The van der Waals surface area contributed by atoms with Gasteiger partial charge in [0.05, 0.1) is 19.8 Å². The monoisotopic (exact) mass is 565 g/mol. The van der Waals surface area contributed by atoms with Crippen molar-refractivity contribution in [1.82, 2.24) is 10.6 Å². The molecule has 1 fully saturated rings. The number of halogens is 1. The first-order chi connectivity index (χ1) is 18.0. The molecule has 8 heteroatoms. The van der Waals surface area contributed by atoms with Gasteiger partial charge in [-0.2, -0.15) is 0 Å². The van der Waals surface area contributed by atoms with E-state index in [1.807, 2.05) is 66.7 Å². The molecule has 0 saturated carbocycles. The molecule has 2 N–H and O–H groups in total. The van der Waals surface area contributed by atoms with E-state index in [0.717, 1.165) is 41.7 Å². The maximum atomic E-state index is 13.1. The third kappa shape index (κ3) is 6.83. The first-order valence-electron chi connectivity index (χ1n) is 12.4. The van der Waals surface area contributed by atoms with E-state index in [4.69, 9.17) is 9.47 Å². The minimum atomic E-state index is -0.0962. The van der Waals surface area contributed by atoms with Crippen LogP contribution in [0, 0.1) is 0 Å². The lowest BCUT2D eigenvalue weighted by atomic mass is 10.0. The summed E-state index contributed by atoms with van der Waals surface area (Å²) >= 11 is 3.42. The topological polar surface area (TPSA) is 79.9 Å². The predicted octanol–water partition coefficient (Wildman–Crippen LogP) is 4.84. The Labute approximate surface area is 226 Å². The van der Waals surface area contributed by atoms with Gasteiger partial charge in [-0.15, -0.1) is 0 Å². The summed E-state index contributed by atoms with van der Waals surface area (Å²) < 4.78 is 11.5. The van der Waals surface area contributed by atoms with Gasteiger partial charge in [-0.3, -0.25) is 9.59 Å². The van der Waals surface area contributed by atoms with E-state index < -0.39 is 0 Å². The number of methoxy groups -OCH3 is 2. The van der Waals surface area contributed by atoms with Crippen LogP contribution in [0.1, 0.15) is 39.1 Å². The summed E-state index contributed by atoms with van der Waals surface area (Å²) in [5.74, 6) is 1.20. The van der Waals surface area contributed by atoms with Crippen molar-refractivity contribution in [2.75, 3.05) is 38.8 Å². The Balaban J connectivity index is 1.31. The number of amides is 2. The van der Waals surface area contributed by atoms with Crippen LogP contribution >= 0.6 is 15.9 Å². The first kappa shape index (κ1) is 26.5. The van der Waals surface area contributed by atoms with Crippen LogP contribution in [0.2, 0.25) is 0 Å². The Hall–Kier alpha value is -3.52. The van der Waals surface area contributed by atoms with Crippen molar-refractivity contribution in [2.45, 2.75) is 25.3 Å². The molecule has 3 aromatic carbocycles. The third-order valence-electron chi connectivity index (χ3n) is 6.55. The lowest BCUT2D eigenvalue weighted by Crippen LogP contribution is -2.45. The van der Waals surface area contributed by atoms with Crippen LogP contribution in [0.5, 0.6) is 11.5 Å². The molecule has 1 heterocycles. The highest BCUT2D eigenvalue weighted by Gasteiger charge is 2.24. The van der Waals surface area contributed by atoms with Gasteiger partial charge >= 0.3 is 0 Å². The van der Waals surface area contributed by atoms with Gasteiger partial charge in [0.15, 0.2) is 11.5 Å². The molecule has 0 aromatic heterocycles. The normalized spacial score (nSPS) is 13.6. The van der Waals surface area contributed by atoms with Gasteiger partial charge in [-0.1, -0.05) is 40.2 Å². The highest BCUT2D eigenvalue weighted by molar-refractivity contribution is 9.10. The number of anilines is 1. The Morgan fingerprint density at radius 1 is 0.919 bits per heavy atom. The van der Waals surface area contributed by atoms with Gasteiger partial charge in [-0.05, 0) is 67.3 Å². The lowest BCUT2D eigenvalue weighted by Gasteiger charge is -2.35. The molecule has 2 amide bonds. The molecule has 1 aliphatic rings. The molecule has 1 aliphatic heterocycles. The van der Waals surface area contributed by atoms with Gasteiger partial charge in [0.2, 0.25) is 0 Å². The second-order valence-electron chi connectivity index (χ2n) is 8.96. The molecule has 0 aliphatic carbocycles. The molecular formula is C29H32BrN3O4. The quantitative estimate of drug-likeness (QED) is 0.388. The fourth-order valence-corrected chi connectivity index (χ4v) is 4.96. The number of rotatable bonds is 9. The maximum Gasteiger partial charge on any atom is 0.253 e. The van der Waals surface area contributed by atoms with Crippen LogP contribution in [0.4, 0.5) is 5.69 Å². The number of nitrogens with one attached hydrogen (secondary N) is 2. The SMILES string of the molecule is COc1ccc(CCNC(=O)c2ccccc2N2CCC(NC(=O)c3cccc(Br)c3)CC2)cc1OC. The Bertz CT molecular complexity index is 1240. The van der Waals surface area contributed by atoms with E-state index >= 15 is 0 Å². The van der Waals surface area contributed by atoms with Crippen molar-refractivity contribution >= 4 is 33.4 Å². The minimum Gasteiger partial charge on any atom is -0.493 e. The molecule has 0 bridgehead atoms. The number of hydrogen-bond acceptors (Lipinski definition) is 5. The van der Waals surface area contributed by atoms with Gasteiger partial charge in [0, 0.05) is 41.4 Å². The third-order valence-corrected chi connectivity index (χ3v) is 7.05. The zero-order valence-electron chi connectivity index (χ0n) is 21.1. The number of benzene rings is 3. The van der Waals surface area contributed by atoms with E-state index in [-0.39, 0.29) is 17.9 Å². The van der Waals surface area contributed by atoms with Crippen LogP contribution in [0.3, 0.4) is 0 Å². The Morgan fingerprint density at radius 3 is 2.41 bits per heavy atom. The summed E-state index contributed by atoms with van der Waals surface area (Å²) in [6.07, 6.45) is 2.31. The summed E-state index contributed by atoms with van der Waals surface area (Å²) in [6, 6.07) is 21.0. The van der Waals surface area contributed by atoms with Crippen molar-refractivity contribution in [3.8, 4) is 11.5 Å². The van der Waals surface area contributed by atoms with E-state index in [9.17, 15) is 9.59 Å². The Morgan fingerprint density at radius 2 is 1.68 bits per heavy atom. The van der Waals surface area contributed by atoms with Gasteiger partial charge in [-0.25, -0.2) is 0 Å². The van der Waals surface area contributed by atoms with Crippen molar-refractivity contribution in [3.05, 3.63) is 87.9 Å². The molecule has 0 radical (unpaired) electrons. The van der Waals surface area contributed by atoms with Crippen LogP contribution in [-0.2, 0) is 6.42 Å². The van der Waals surface area contributed by atoms with Crippen LogP contribution in [-0.4, -0.2) is 51.7 Å². The van der Waals surface area contributed by atoms with Crippen LogP contribution in [0.25, 0.3) is 0 Å². The summed E-state index contributed by atoms with van der Waals surface area (Å²) in [4.78, 5) is 27.9. The van der Waals surface area contributed by atoms with Crippen molar-refractivity contribution in [3.63, 3.8) is 0 Å². The zero-order chi connectivity index (χ0) is 26.2. The minimum absolute atomic E-state index is 0.0611. The van der Waals surface area contributed by atoms with Gasteiger partial charge < -0.3 is 25.0 Å². The van der Waals surface area contributed by atoms with Crippen molar-refractivity contribution < 1.29 is 19.1 Å². The fourth-order valence-electron chi connectivity index (χ4n) is 4.56. The average Bonchev–Trinajstić information content (AvgIpc) is 2.93. The second kappa shape index (κ2) is 12.6. The predicted molar refractivity (Wildman–Crippen MR) is 149 cm³/mol. The number of para-hydroxylation sites is 1. The molecule has 37 heavy (non-hydrogen) atoms. The largest absolute Gasteiger partial charge is 0.493 e. The molecule has 7 nitrogen and oxygen atoms in total. The van der Waals surface area contributed by atoms with Crippen molar-refractivity contribution in [2.24, 2.45) is 0 Å². The zero-order valence-corrected chi connectivity index (χ0v) is 22.7. The summed E-state index contributed by atoms with van der Waals surface area (Å²) in [5.41, 5.74) is 3.28. The highest BCUT2D eigenvalue weighted by atomic mass is 79.9. The number of carbonyl (C=O) groups excluding carboxylic acids is 2. The summed E-state index contributed by atoms with van der Waals surface area (Å²) in [6.45, 7) is 2.03. The van der Waals surface area contributed by atoms with Crippen LogP contribution in [0.15, 0.2) is 71.2 Å². The van der Waals surface area contributed by atoms with E-state index in [1.54, 1.807) is 14.2 Å². The molecule has 1 saturated heterocycles. The molecule has 0 atom stereocenters. The number of hydrogen-bond donors (Lipinski definition) is 2. The standard InChI is InChI=1S/C29H32BrN3O4/c1-36-26-11-10-20(18-27(26)37-2)12-15-31-29(35)24-8-3-4-9-25(24)33-16-13-23(14-17-33)32-28(34)21-6-5-7-22(30)19-21/h3-11,18-19,23H,12-17H2,1-2H3,(H,31,35)(H,32,34). The molecule has 0 unspecified atom stereocenters. The average molecular weight is 566 g/mol. The molecule has 4 rings (SSSR count). The smallest absolute Gasteiger partial charge is 0.253 e. The summed E-state index contributed by atoms with van der Waals surface area (Å²) in [7, 11) is 3.22. The van der Waals surface area contributed by atoms with Crippen LogP contribution < -0.4 is 25.0 Å². The van der Waals surface area contributed by atoms with E-state index in [2.05, 4.69) is 31.5 Å². The number of carbonyl (C=O) groups is 2. The number of ether oxygens (including phenoxy) is 2. The van der Waals surface area contributed by atoms with E-state index in [0.29, 0.717) is 35.6 Å².